The van der Waals surface area contributed by atoms with Gasteiger partial charge in [0.1, 0.15) is 42.7 Å². The number of hydrogen-bond donors (Lipinski definition) is 9. The van der Waals surface area contributed by atoms with Crippen molar-refractivity contribution < 1.29 is 79.2 Å². The van der Waals surface area contributed by atoms with Gasteiger partial charge in [-0.2, -0.15) is 0 Å². The lowest BCUT2D eigenvalue weighted by Gasteiger charge is -2.71. The van der Waals surface area contributed by atoms with E-state index >= 15 is 0 Å². The van der Waals surface area contributed by atoms with Gasteiger partial charge in [0, 0.05) is 5.41 Å². The number of aliphatic hydroxyl groups is 8. The number of carbonyl (C=O) groups excluding carboxylic acids is 1. The first-order chi connectivity index (χ1) is 27.1. The van der Waals surface area contributed by atoms with Crippen molar-refractivity contribution in [1.82, 2.24) is 0 Å². The van der Waals surface area contributed by atoms with Crippen LogP contribution in [0.3, 0.4) is 0 Å². The van der Waals surface area contributed by atoms with Gasteiger partial charge in [-0.15, -0.1) is 0 Å². The van der Waals surface area contributed by atoms with Crippen molar-refractivity contribution >= 4 is 11.9 Å². The third-order valence-corrected chi connectivity index (χ3v) is 17.4. The Bertz CT molecular complexity index is 1610. The molecule has 0 bridgehead atoms. The molecule has 58 heavy (non-hydrogen) atoms. The maximum Gasteiger partial charge on any atom is 0.311 e. The highest BCUT2D eigenvalue weighted by atomic mass is 16.8. The number of methoxy groups -OCH3 is 1. The van der Waals surface area contributed by atoms with Crippen LogP contribution in [0.25, 0.3) is 0 Å². The summed E-state index contributed by atoms with van der Waals surface area (Å²) in [6, 6.07) is 0. The summed E-state index contributed by atoms with van der Waals surface area (Å²) in [7, 11) is 1.38. The van der Waals surface area contributed by atoms with Crippen LogP contribution in [0.15, 0.2) is 11.6 Å². The molecular weight excluding hydrogens is 760 g/mol. The van der Waals surface area contributed by atoms with E-state index in [0.29, 0.717) is 51.4 Å². The normalized spacial score (nSPS) is 54.2. The summed E-state index contributed by atoms with van der Waals surface area (Å²) in [5.41, 5.74) is -2.81. The molecule has 0 radical (unpaired) electrons. The molecule has 2 saturated heterocycles. The van der Waals surface area contributed by atoms with Crippen LogP contribution in [0.2, 0.25) is 0 Å². The van der Waals surface area contributed by atoms with Gasteiger partial charge in [0.15, 0.2) is 12.6 Å². The number of aliphatic hydroxyl groups excluding tert-OH is 8. The third kappa shape index (κ3) is 6.29. The van der Waals surface area contributed by atoms with Crippen LogP contribution in [0.4, 0.5) is 0 Å². The fourth-order valence-electron chi connectivity index (χ4n) is 13.8. The molecule has 9 N–H and O–H groups in total. The number of carboxylic acid groups (broad SMARTS) is 1. The quantitative estimate of drug-likeness (QED) is 0.120. The van der Waals surface area contributed by atoms with Crippen LogP contribution < -0.4 is 0 Å². The maximum atomic E-state index is 13.2. The average molecular weight is 827 g/mol. The fraction of sp³-hybridized carbons (Fsp3) is 0.905. The smallest absolute Gasteiger partial charge is 0.311 e. The van der Waals surface area contributed by atoms with Crippen LogP contribution in [0, 0.1) is 50.2 Å². The molecule has 7 aliphatic rings. The molecule has 7 rings (SSSR count). The molecule has 20 unspecified atom stereocenters. The number of esters is 1. The van der Waals surface area contributed by atoms with Gasteiger partial charge in [-0.25, -0.2) is 0 Å². The molecule has 0 spiro atoms. The van der Waals surface area contributed by atoms with Crippen LogP contribution in [-0.2, 0) is 33.3 Å². The van der Waals surface area contributed by atoms with Crippen LogP contribution in [0.1, 0.15) is 92.4 Å². The maximum absolute atomic E-state index is 13.2. The van der Waals surface area contributed by atoms with Crippen LogP contribution in [-0.4, -0.2) is 152 Å². The van der Waals surface area contributed by atoms with Crippen molar-refractivity contribution in [2.75, 3.05) is 26.9 Å². The van der Waals surface area contributed by atoms with E-state index in [0.717, 1.165) is 12.0 Å². The first-order valence-corrected chi connectivity index (χ1v) is 21.0. The second-order valence-corrected chi connectivity index (χ2v) is 20.1. The second-order valence-electron chi connectivity index (χ2n) is 20.1. The zero-order valence-electron chi connectivity index (χ0n) is 34.5. The first-order valence-electron chi connectivity index (χ1n) is 21.0. The molecule has 6 fully saturated rings. The summed E-state index contributed by atoms with van der Waals surface area (Å²) in [6.07, 6.45) is -8.95. The lowest BCUT2D eigenvalue weighted by molar-refractivity contribution is -0.371. The summed E-state index contributed by atoms with van der Waals surface area (Å²) in [4.78, 5) is 26.3. The van der Waals surface area contributed by atoms with Crippen molar-refractivity contribution in [1.29, 1.82) is 0 Å². The van der Waals surface area contributed by atoms with Crippen molar-refractivity contribution in [3.05, 3.63) is 11.6 Å². The number of aliphatic carboxylic acids is 1. The summed E-state index contributed by atoms with van der Waals surface area (Å²) >= 11 is 0. The molecule has 0 aromatic rings. The van der Waals surface area contributed by atoms with E-state index in [9.17, 15) is 55.5 Å². The van der Waals surface area contributed by atoms with E-state index in [1.807, 2.05) is 13.8 Å². The molecule has 16 heteroatoms. The van der Waals surface area contributed by atoms with Gasteiger partial charge in [-0.1, -0.05) is 39.3 Å². The Morgan fingerprint density at radius 1 is 0.810 bits per heavy atom. The molecule has 2 aliphatic heterocycles. The number of ether oxygens (including phenoxy) is 5. The minimum absolute atomic E-state index is 0.0487. The SMILES string of the molecule is COC(=O)C1(C)CCC2(C(=O)O)CCC3(C)C(=CCC4C5(C)CC(O)C(OC6COC(OC7OC(CO)C(O)C(O)C7O)C(O)C6O)C(C)(CO)C5CCC43C)C2C1. The zero-order valence-corrected chi connectivity index (χ0v) is 34.5. The Labute approximate surface area is 339 Å². The number of rotatable bonds is 8. The highest BCUT2D eigenvalue weighted by Crippen LogP contribution is 2.76. The van der Waals surface area contributed by atoms with Gasteiger partial charge in [-0.3, -0.25) is 9.59 Å². The van der Waals surface area contributed by atoms with E-state index in [1.54, 1.807) is 0 Å². The van der Waals surface area contributed by atoms with E-state index in [1.165, 1.54) is 7.11 Å². The largest absolute Gasteiger partial charge is 0.481 e. The molecule has 16 nitrogen and oxygen atoms in total. The minimum atomic E-state index is -1.76. The first kappa shape index (κ1) is 44.3. The number of allylic oxidation sites excluding steroid dienone is 2. The molecule has 330 valence electrons. The van der Waals surface area contributed by atoms with E-state index < -0.39 is 102 Å². The third-order valence-electron chi connectivity index (χ3n) is 17.4. The average Bonchev–Trinajstić information content (AvgIpc) is 3.18. The minimum Gasteiger partial charge on any atom is -0.481 e. The molecule has 4 saturated carbocycles. The molecule has 0 aromatic carbocycles. The molecule has 5 aliphatic carbocycles. The second kappa shape index (κ2) is 15.2. The molecule has 2 heterocycles. The van der Waals surface area contributed by atoms with Gasteiger partial charge in [0.25, 0.3) is 0 Å². The van der Waals surface area contributed by atoms with Crippen LogP contribution >= 0.6 is 0 Å². The number of fused-ring (bicyclic) bond motifs is 7. The van der Waals surface area contributed by atoms with Gasteiger partial charge in [0.05, 0.1) is 50.0 Å². The zero-order chi connectivity index (χ0) is 42.5. The molecular formula is C42H66O16. The Hall–Kier alpha value is -1.80. The van der Waals surface area contributed by atoms with E-state index in [4.69, 9.17) is 23.7 Å². The Kier molecular flexibility index (Phi) is 11.6. The lowest BCUT2D eigenvalue weighted by Crippen LogP contribution is -2.69. The molecule has 0 amide bonds. The molecule has 20 atom stereocenters. The molecule has 0 aromatic heterocycles. The van der Waals surface area contributed by atoms with Gasteiger partial charge >= 0.3 is 11.9 Å². The highest BCUT2D eigenvalue weighted by Gasteiger charge is 2.71. The summed E-state index contributed by atoms with van der Waals surface area (Å²) in [5, 5.41) is 96.7. The van der Waals surface area contributed by atoms with Gasteiger partial charge in [0.2, 0.25) is 0 Å². The van der Waals surface area contributed by atoms with Crippen molar-refractivity contribution in [2.24, 2.45) is 50.2 Å². The van der Waals surface area contributed by atoms with Crippen molar-refractivity contribution in [3.8, 4) is 0 Å². The summed E-state index contributed by atoms with van der Waals surface area (Å²) in [6.45, 7) is 9.23. The Morgan fingerprint density at radius 2 is 1.48 bits per heavy atom. The van der Waals surface area contributed by atoms with E-state index in [-0.39, 0.29) is 47.8 Å². The van der Waals surface area contributed by atoms with Gasteiger partial charge < -0.3 is 69.6 Å². The van der Waals surface area contributed by atoms with Gasteiger partial charge in [-0.05, 0) is 98.7 Å². The number of hydrogen-bond acceptors (Lipinski definition) is 15. The summed E-state index contributed by atoms with van der Waals surface area (Å²) < 4.78 is 28.4. The van der Waals surface area contributed by atoms with E-state index in [2.05, 4.69) is 26.8 Å². The number of carbonyl (C=O) groups is 2. The van der Waals surface area contributed by atoms with Crippen molar-refractivity contribution in [3.63, 3.8) is 0 Å². The van der Waals surface area contributed by atoms with Crippen LogP contribution in [0.5, 0.6) is 0 Å². The predicted molar refractivity (Wildman–Crippen MR) is 201 cm³/mol. The Morgan fingerprint density at radius 3 is 2.12 bits per heavy atom. The highest BCUT2D eigenvalue weighted by molar-refractivity contribution is 5.80. The summed E-state index contributed by atoms with van der Waals surface area (Å²) in [5.74, 6) is -1.54. The predicted octanol–water partition coefficient (Wildman–Crippen LogP) is 0.617. The fourth-order valence-corrected chi connectivity index (χ4v) is 13.8. The standard InChI is InChI=1S/C42H66O16/c1-37(36(53)54-6)11-13-42(35(51)52)14-12-40(4)20(21(42)15-37)7-8-26-38(2)16-22(45)32(39(3,19-44)25(38)9-10-41(26,40)5)56-24-18-55-33(30(49)28(24)47)58-34-31(50)29(48)27(46)23(17-43)57-34/h7,21-34,43-50H,8-19H2,1-6H3,(H,51,52). The van der Waals surface area contributed by atoms with Crippen molar-refractivity contribution in [2.45, 2.75) is 160 Å². The number of carboxylic acids is 1. The Balaban J connectivity index is 1.11. The lowest BCUT2D eigenvalue weighted by atomic mass is 9.33. The topological polar surface area (TPSA) is 262 Å². The monoisotopic (exact) mass is 826 g/mol.